The molecule has 136 valence electrons. The third-order valence-corrected chi connectivity index (χ3v) is 4.72. The van der Waals surface area contributed by atoms with Crippen molar-refractivity contribution in [1.82, 2.24) is 10.1 Å². The van der Waals surface area contributed by atoms with Gasteiger partial charge in [0, 0.05) is 28.7 Å². The Morgan fingerprint density at radius 2 is 2.16 bits per heavy atom. The fourth-order valence-corrected chi connectivity index (χ4v) is 3.37. The molecule has 1 aromatic carbocycles. The smallest absolute Gasteiger partial charge is 0.338 e. The van der Waals surface area contributed by atoms with Gasteiger partial charge in [-0.2, -0.15) is 16.7 Å². The van der Waals surface area contributed by atoms with Gasteiger partial charge in [0.1, 0.15) is 11.5 Å². The van der Waals surface area contributed by atoms with Crippen LogP contribution in [0.5, 0.6) is 11.5 Å². The molecule has 2 rings (SSSR count). The van der Waals surface area contributed by atoms with E-state index in [0.717, 1.165) is 0 Å². The van der Waals surface area contributed by atoms with E-state index in [4.69, 9.17) is 19.7 Å². The van der Waals surface area contributed by atoms with Gasteiger partial charge in [-0.3, -0.25) is 0 Å². The number of rotatable bonds is 7. The summed E-state index contributed by atoms with van der Waals surface area (Å²) in [4.78, 5) is 16.2. The summed E-state index contributed by atoms with van der Waals surface area (Å²) >= 11 is 1.44. The third-order valence-electron chi connectivity index (χ3n) is 3.64. The molecule has 0 aliphatic rings. The maximum atomic E-state index is 12.1. The average molecular weight is 367 g/mol. The van der Waals surface area contributed by atoms with E-state index in [1.807, 2.05) is 0 Å². The number of aromatic hydroxyl groups is 1. The second kappa shape index (κ2) is 8.21. The number of aryl methyl sites for hydroxylation is 1. The van der Waals surface area contributed by atoms with E-state index < -0.39 is 12.0 Å². The predicted octanol–water partition coefficient (Wildman–Crippen LogP) is 2.12. The van der Waals surface area contributed by atoms with Crippen LogP contribution >= 0.6 is 11.8 Å². The molecule has 0 aliphatic carbocycles. The van der Waals surface area contributed by atoms with Crippen molar-refractivity contribution in [2.24, 2.45) is 5.73 Å². The van der Waals surface area contributed by atoms with Crippen LogP contribution in [-0.2, 0) is 10.5 Å². The summed E-state index contributed by atoms with van der Waals surface area (Å²) in [6.45, 7) is 3.46. The SMILES string of the molecule is COC(=O)c1c(C)c(OC)cc(O)c1CSCC(N)c1nc(C)no1. The number of hydrogen-bond acceptors (Lipinski definition) is 9. The molecule has 0 saturated heterocycles. The number of nitrogens with two attached hydrogens (primary N) is 1. The molecule has 0 fully saturated rings. The molecule has 0 amide bonds. The van der Waals surface area contributed by atoms with E-state index >= 15 is 0 Å². The van der Waals surface area contributed by atoms with Crippen LogP contribution in [0.4, 0.5) is 0 Å². The third kappa shape index (κ3) is 4.23. The van der Waals surface area contributed by atoms with E-state index in [0.29, 0.717) is 45.7 Å². The lowest BCUT2D eigenvalue weighted by atomic mass is 10.0. The number of ether oxygens (including phenoxy) is 2. The Morgan fingerprint density at radius 1 is 1.44 bits per heavy atom. The molecule has 0 radical (unpaired) electrons. The lowest BCUT2D eigenvalue weighted by Gasteiger charge is -2.16. The number of carbonyl (C=O) groups excluding carboxylic acids is 1. The highest BCUT2D eigenvalue weighted by Crippen LogP contribution is 2.35. The van der Waals surface area contributed by atoms with Crippen LogP contribution in [0, 0.1) is 13.8 Å². The lowest BCUT2D eigenvalue weighted by molar-refractivity contribution is 0.0598. The molecular formula is C16H21N3O5S. The highest BCUT2D eigenvalue weighted by Gasteiger charge is 2.23. The number of esters is 1. The Balaban J connectivity index is 2.18. The van der Waals surface area contributed by atoms with Gasteiger partial charge in [-0.05, 0) is 13.8 Å². The van der Waals surface area contributed by atoms with Crippen LogP contribution in [0.25, 0.3) is 0 Å². The number of hydrogen-bond donors (Lipinski definition) is 2. The number of methoxy groups -OCH3 is 2. The van der Waals surface area contributed by atoms with Crippen molar-refractivity contribution in [3.8, 4) is 11.5 Å². The summed E-state index contributed by atoms with van der Waals surface area (Å²) in [5.41, 5.74) is 7.41. The van der Waals surface area contributed by atoms with Gasteiger partial charge in [-0.1, -0.05) is 5.16 Å². The second-order valence-electron chi connectivity index (χ2n) is 5.37. The molecular weight excluding hydrogens is 346 g/mol. The van der Waals surface area contributed by atoms with Crippen LogP contribution in [0.15, 0.2) is 10.6 Å². The predicted molar refractivity (Wildman–Crippen MR) is 92.9 cm³/mol. The summed E-state index contributed by atoms with van der Waals surface area (Å²) in [5, 5.41) is 14.0. The zero-order valence-corrected chi connectivity index (χ0v) is 15.3. The zero-order chi connectivity index (χ0) is 18.6. The molecule has 9 heteroatoms. The number of phenols is 1. The fraction of sp³-hybridized carbons (Fsp3) is 0.438. The van der Waals surface area contributed by atoms with Crippen LogP contribution in [0.1, 0.15) is 39.2 Å². The Hall–Kier alpha value is -2.26. The van der Waals surface area contributed by atoms with Gasteiger partial charge in [0.15, 0.2) is 5.82 Å². The first-order chi connectivity index (χ1) is 11.9. The van der Waals surface area contributed by atoms with Crippen molar-refractivity contribution in [1.29, 1.82) is 0 Å². The minimum Gasteiger partial charge on any atom is -0.507 e. The van der Waals surface area contributed by atoms with Gasteiger partial charge in [-0.15, -0.1) is 0 Å². The van der Waals surface area contributed by atoms with Crippen LogP contribution in [-0.4, -0.2) is 41.2 Å². The van der Waals surface area contributed by atoms with Crippen molar-refractivity contribution in [3.05, 3.63) is 34.5 Å². The highest BCUT2D eigenvalue weighted by molar-refractivity contribution is 7.98. The van der Waals surface area contributed by atoms with E-state index in [1.54, 1.807) is 13.8 Å². The molecule has 0 spiro atoms. The normalized spacial score (nSPS) is 12.0. The van der Waals surface area contributed by atoms with Gasteiger partial charge in [-0.25, -0.2) is 4.79 Å². The first-order valence-corrected chi connectivity index (χ1v) is 8.65. The fourth-order valence-electron chi connectivity index (χ4n) is 2.36. The first kappa shape index (κ1) is 19.1. The van der Waals surface area contributed by atoms with E-state index in [-0.39, 0.29) is 5.75 Å². The standard InChI is InChI=1S/C16H21N3O5S/c1-8-13(22-3)5-12(20)10(14(8)16(21)23-4)6-25-7-11(17)15-18-9(2)19-24-15/h5,11,20H,6-7,17H2,1-4H3. The highest BCUT2D eigenvalue weighted by atomic mass is 32.2. The topological polar surface area (TPSA) is 121 Å². The van der Waals surface area contributed by atoms with E-state index in [2.05, 4.69) is 10.1 Å². The van der Waals surface area contributed by atoms with Gasteiger partial charge in [0.25, 0.3) is 0 Å². The van der Waals surface area contributed by atoms with Crippen molar-refractivity contribution < 1.29 is 23.9 Å². The van der Waals surface area contributed by atoms with Gasteiger partial charge < -0.3 is 24.8 Å². The molecule has 25 heavy (non-hydrogen) atoms. The maximum absolute atomic E-state index is 12.1. The molecule has 3 N–H and O–H groups in total. The molecule has 0 aliphatic heterocycles. The summed E-state index contributed by atoms with van der Waals surface area (Å²) < 4.78 is 15.1. The van der Waals surface area contributed by atoms with Gasteiger partial charge >= 0.3 is 5.97 Å². The van der Waals surface area contributed by atoms with Crippen LogP contribution in [0.2, 0.25) is 0 Å². The summed E-state index contributed by atoms with van der Waals surface area (Å²) in [6.07, 6.45) is 0. The summed E-state index contributed by atoms with van der Waals surface area (Å²) in [6, 6.07) is 1.05. The Labute approximate surface area is 149 Å². The summed E-state index contributed by atoms with van der Waals surface area (Å²) in [7, 11) is 2.77. The number of aromatic nitrogens is 2. The molecule has 0 saturated carbocycles. The van der Waals surface area contributed by atoms with Crippen molar-refractivity contribution >= 4 is 17.7 Å². The number of benzene rings is 1. The summed E-state index contributed by atoms with van der Waals surface area (Å²) in [5.74, 6) is 1.58. The van der Waals surface area contributed by atoms with E-state index in [9.17, 15) is 9.90 Å². The quantitative estimate of drug-likeness (QED) is 0.709. The molecule has 1 unspecified atom stereocenters. The minimum absolute atomic E-state index is 0.0300. The van der Waals surface area contributed by atoms with Crippen molar-refractivity contribution in [2.75, 3.05) is 20.0 Å². The number of carbonyl (C=O) groups is 1. The Kier molecular flexibility index (Phi) is 6.27. The zero-order valence-electron chi connectivity index (χ0n) is 14.5. The molecule has 2 aromatic rings. The Bertz CT molecular complexity index is 762. The molecule has 1 heterocycles. The van der Waals surface area contributed by atoms with Crippen LogP contribution in [0.3, 0.4) is 0 Å². The van der Waals surface area contributed by atoms with Crippen LogP contribution < -0.4 is 10.5 Å². The lowest BCUT2D eigenvalue weighted by Crippen LogP contribution is -2.14. The van der Waals surface area contributed by atoms with Crippen molar-refractivity contribution in [3.63, 3.8) is 0 Å². The number of phenolic OH excluding ortho intramolecular Hbond substituents is 1. The van der Waals surface area contributed by atoms with E-state index in [1.165, 1.54) is 32.0 Å². The molecule has 1 aromatic heterocycles. The molecule has 0 bridgehead atoms. The second-order valence-corrected chi connectivity index (χ2v) is 6.40. The maximum Gasteiger partial charge on any atom is 0.338 e. The Morgan fingerprint density at radius 3 is 2.72 bits per heavy atom. The monoisotopic (exact) mass is 367 g/mol. The van der Waals surface area contributed by atoms with Gasteiger partial charge in [0.05, 0.1) is 25.8 Å². The first-order valence-electron chi connectivity index (χ1n) is 7.50. The number of thioether (sulfide) groups is 1. The minimum atomic E-state index is -0.529. The van der Waals surface area contributed by atoms with Crippen molar-refractivity contribution in [2.45, 2.75) is 25.6 Å². The molecule has 8 nitrogen and oxygen atoms in total. The average Bonchev–Trinajstić information content (AvgIpc) is 3.03. The largest absolute Gasteiger partial charge is 0.507 e. The number of nitrogens with zero attached hydrogens (tertiary/aromatic N) is 2. The molecule has 1 atom stereocenters. The van der Waals surface area contributed by atoms with Gasteiger partial charge in [0.2, 0.25) is 5.89 Å².